The van der Waals surface area contributed by atoms with E-state index in [0.717, 1.165) is 0 Å². The van der Waals surface area contributed by atoms with Crippen molar-refractivity contribution in [2.75, 3.05) is 20.2 Å². The molecule has 100 valence electrons. The summed E-state index contributed by atoms with van der Waals surface area (Å²) in [6.07, 6.45) is 0.260. The maximum absolute atomic E-state index is 13.6. The summed E-state index contributed by atoms with van der Waals surface area (Å²) < 4.78 is 18.4. The molecule has 1 atom stereocenters. The zero-order valence-electron chi connectivity index (χ0n) is 10.7. The number of nitrogens with one attached hydrogen (secondary N) is 1. The molecule has 1 unspecified atom stereocenters. The number of carbonyl (C=O) groups is 1. The fourth-order valence-electron chi connectivity index (χ4n) is 1.77. The molecular weight excluding hydrogens is 235 g/mol. The summed E-state index contributed by atoms with van der Waals surface area (Å²) in [6, 6.07) is 4.65. The van der Waals surface area contributed by atoms with Crippen LogP contribution in [0, 0.1) is 5.82 Å². The van der Waals surface area contributed by atoms with E-state index >= 15 is 0 Å². The van der Waals surface area contributed by atoms with Crippen LogP contribution in [0.3, 0.4) is 0 Å². The van der Waals surface area contributed by atoms with Crippen molar-refractivity contribution >= 4 is 5.91 Å². The van der Waals surface area contributed by atoms with E-state index in [1.165, 1.54) is 13.2 Å². The summed E-state index contributed by atoms with van der Waals surface area (Å²) in [5, 5.41) is 2.70. The van der Waals surface area contributed by atoms with Crippen LogP contribution in [0.1, 0.15) is 24.8 Å². The molecule has 0 spiro atoms. The molecule has 1 aromatic rings. The highest BCUT2D eigenvalue weighted by Gasteiger charge is 2.16. The van der Waals surface area contributed by atoms with Gasteiger partial charge in [-0.05, 0) is 31.2 Å². The summed E-state index contributed by atoms with van der Waals surface area (Å²) in [5.74, 6) is -0.516. The third-order valence-electron chi connectivity index (χ3n) is 2.74. The van der Waals surface area contributed by atoms with E-state index in [2.05, 4.69) is 5.32 Å². The Morgan fingerprint density at radius 3 is 2.78 bits per heavy atom. The van der Waals surface area contributed by atoms with Gasteiger partial charge in [0.1, 0.15) is 0 Å². The van der Waals surface area contributed by atoms with Gasteiger partial charge in [0.15, 0.2) is 11.6 Å². The van der Waals surface area contributed by atoms with Crippen LogP contribution in [-0.2, 0) is 4.79 Å². The highest BCUT2D eigenvalue weighted by molar-refractivity contribution is 5.76. The summed E-state index contributed by atoms with van der Waals surface area (Å²) >= 11 is 0. The van der Waals surface area contributed by atoms with Gasteiger partial charge in [0.2, 0.25) is 5.91 Å². The molecule has 0 saturated carbocycles. The molecule has 0 aliphatic rings. The molecule has 0 fully saturated rings. The van der Waals surface area contributed by atoms with Gasteiger partial charge in [-0.25, -0.2) is 4.39 Å². The first-order chi connectivity index (χ1) is 8.62. The molecule has 3 N–H and O–H groups in total. The smallest absolute Gasteiger partial charge is 0.220 e. The molecule has 0 aliphatic heterocycles. The number of ether oxygens (including phenoxy) is 1. The minimum Gasteiger partial charge on any atom is -0.494 e. The van der Waals surface area contributed by atoms with Crippen molar-refractivity contribution in [2.45, 2.75) is 19.3 Å². The molecule has 1 rings (SSSR count). The number of benzene rings is 1. The van der Waals surface area contributed by atoms with Gasteiger partial charge in [-0.3, -0.25) is 4.79 Å². The average Bonchev–Trinajstić information content (AvgIpc) is 2.36. The molecular formula is C13H19FN2O2. The molecule has 0 aliphatic carbocycles. The topological polar surface area (TPSA) is 64.4 Å². The molecule has 1 amide bonds. The van der Waals surface area contributed by atoms with E-state index < -0.39 is 5.82 Å². The van der Waals surface area contributed by atoms with Crippen LogP contribution < -0.4 is 15.8 Å². The molecule has 0 bridgehead atoms. The Hall–Kier alpha value is -1.62. The lowest BCUT2D eigenvalue weighted by atomic mass is 9.95. The predicted molar refractivity (Wildman–Crippen MR) is 68.0 cm³/mol. The number of nitrogens with two attached hydrogens (primary N) is 1. The van der Waals surface area contributed by atoms with Crippen LogP contribution in [0.4, 0.5) is 4.39 Å². The zero-order chi connectivity index (χ0) is 13.5. The first kappa shape index (κ1) is 14.4. The maximum atomic E-state index is 13.6. The van der Waals surface area contributed by atoms with E-state index in [1.807, 2.05) is 6.92 Å². The predicted octanol–water partition coefficient (Wildman–Crippen LogP) is 1.40. The van der Waals surface area contributed by atoms with Gasteiger partial charge in [0, 0.05) is 18.9 Å². The Balaban J connectivity index is 2.82. The number of hydrogen-bond donors (Lipinski definition) is 2. The van der Waals surface area contributed by atoms with Crippen LogP contribution in [0.5, 0.6) is 5.75 Å². The molecule has 0 radical (unpaired) electrons. The van der Waals surface area contributed by atoms with Gasteiger partial charge in [-0.1, -0.05) is 6.07 Å². The summed E-state index contributed by atoms with van der Waals surface area (Å²) in [7, 11) is 1.41. The van der Waals surface area contributed by atoms with Crippen LogP contribution in [-0.4, -0.2) is 26.1 Å². The van der Waals surface area contributed by atoms with Gasteiger partial charge < -0.3 is 15.8 Å². The lowest BCUT2D eigenvalue weighted by molar-refractivity contribution is -0.121. The SMILES string of the molecule is CCNC(=O)CC(CN)c1ccc(OC)c(F)c1. The van der Waals surface area contributed by atoms with Crippen molar-refractivity contribution in [3.05, 3.63) is 29.6 Å². The van der Waals surface area contributed by atoms with E-state index in [-0.39, 0.29) is 24.0 Å². The monoisotopic (exact) mass is 254 g/mol. The first-order valence-corrected chi connectivity index (χ1v) is 5.92. The van der Waals surface area contributed by atoms with Crippen molar-refractivity contribution in [2.24, 2.45) is 5.73 Å². The largest absolute Gasteiger partial charge is 0.494 e. The van der Waals surface area contributed by atoms with Crippen molar-refractivity contribution < 1.29 is 13.9 Å². The van der Waals surface area contributed by atoms with Gasteiger partial charge >= 0.3 is 0 Å². The van der Waals surface area contributed by atoms with Crippen LogP contribution >= 0.6 is 0 Å². The number of amides is 1. The van der Waals surface area contributed by atoms with Crippen LogP contribution in [0.15, 0.2) is 18.2 Å². The quantitative estimate of drug-likeness (QED) is 0.806. The van der Waals surface area contributed by atoms with Crippen molar-refractivity contribution in [3.8, 4) is 5.75 Å². The summed E-state index contributed by atoms with van der Waals surface area (Å²) in [6.45, 7) is 2.72. The third kappa shape index (κ3) is 3.70. The van der Waals surface area contributed by atoms with Gasteiger partial charge in [0.25, 0.3) is 0 Å². The fourth-order valence-corrected chi connectivity index (χ4v) is 1.77. The Labute approximate surface area is 106 Å². The van der Waals surface area contributed by atoms with Crippen molar-refractivity contribution in [3.63, 3.8) is 0 Å². The second kappa shape index (κ2) is 6.96. The maximum Gasteiger partial charge on any atom is 0.220 e. The van der Waals surface area contributed by atoms with E-state index in [9.17, 15) is 9.18 Å². The third-order valence-corrected chi connectivity index (χ3v) is 2.74. The Morgan fingerprint density at radius 2 is 2.28 bits per heavy atom. The lowest BCUT2D eigenvalue weighted by Gasteiger charge is -2.15. The minimum absolute atomic E-state index is 0.0795. The lowest BCUT2D eigenvalue weighted by Crippen LogP contribution is -2.27. The minimum atomic E-state index is -0.440. The van der Waals surface area contributed by atoms with E-state index in [0.29, 0.717) is 18.7 Å². The fraction of sp³-hybridized carbons (Fsp3) is 0.462. The van der Waals surface area contributed by atoms with Crippen molar-refractivity contribution in [1.29, 1.82) is 0 Å². The normalized spacial score (nSPS) is 12.0. The van der Waals surface area contributed by atoms with Crippen LogP contribution in [0.25, 0.3) is 0 Å². The molecule has 1 aromatic carbocycles. The first-order valence-electron chi connectivity index (χ1n) is 5.92. The molecule has 0 aromatic heterocycles. The zero-order valence-corrected chi connectivity index (χ0v) is 10.7. The second-order valence-corrected chi connectivity index (χ2v) is 3.98. The van der Waals surface area contributed by atoms with Crippen molar-refractivity contribution in [1.82, 2.24) is 5.32 Å². The second-order valence-electron chi connectivity index (χ2n) is 3.98. The molecule has 0 heterocycles. The Kier molecular flexibility index (Phi) is 5.58. The highest BCUT2D eigenvalue weighted by atomic mass is 19.1. The number of halogens is 1. The van der Waals surface area contributed by atoms with E-state index in [1.54, 1.807) is 12.1 Å². The van der Waals surface area contributed by atoms with Crippen LogP contribution in [0.2, 0.25) is 0 Å². The highest BCUT2D eigenvalue weighted by Crippen LogP contribution is 2.24. The van der Waals surface area contributed by atoms with Gasteiger partial charge in [0.05, 0.1) is 7.11 Å². The standard InChI is InChI=1S/C13H19FN2O2/c1-3-16-13(17)7-10(8-15)9-4-5-12(18-2)11(14)6-9/h4-6,10H,3,7-8,15H2,1-2H3,(H,16,17). The van der Waals surface area contributed by atoms with Gasteiger partial charge in [-0.2, -0.15) is 0 Å². The molecule has 5 heteroatoms. The number of hydrogen-bond acceptors (Lipinski definition) is 3. The van der Waals surface area contributed by atoms with E-state index in [4.69, 9.17) is 10.5 Å². The summed E-state index contributed by atoms with van der Waals surface area (Å²) in [5.41, 5.74) is 6.35. The average molecular weight is 254 g/mol. The summed E-state index contributed by atoms with van der Waals surface area (Å²) in [4.78, 5) is 11.5. The number of methoxy groups -OCH3 is 1. The molecule has 0 saturated heterocycles. The number of rotatable bonds is 6. The van der Waals surface area contributed by atoms with Gasteiger partial charge in [-0.15, -0.1) is 0 Å². The number of carbonyl (C=O) groups excluding carboxylic acids is 1. The Morgan fingerprint density at radius 1 is 1.56 bits per heavy atom. The Bertz CT molecular complexity index is 410. The molecule has 18 heavy (non-hydrogen) atoms. The molecule has 4 nitrogen and oxygen atoms in total.